The van der Waals surface area contributed by atoms with Crippen molar-refractivity contribution in [3.63, 3.8) is 0 Å². The summed E-state index contributed by atoms with van der Waals surface area (Å²) in [4.78, 5) is 26.3. The van der Waals surface area contributed by atoms with Crippen molar-refractivity contribution in [2.24, 2.45) is 0 Å². The molecule has 0 fully saturated rings. The minimum atomic E-state index is -1.35. The Morgan fingerprint density at radius 3 is 2.52 bits per heavy atom. The number of esters is 1. The summed E-state index contributed by atoms with van der Waals surface area (Å²) < 4.78 is 22.0. The van der Waals surface area contributed by atoms with Crippen molar-refractivity contribution in [3.05, 3.63) is 52.1 Å². The third-order valence-corrected chi connectivity index (χ3v) is 5.23. The highest BCUT2D eigenvalue weighted by molar-refractivity contribution is 7.85. The van der Waals surface area contributed by atoms with Crippen LogP contribution in [0.4, 0.5) is 0 Å². The Labute approximate surface area is 159 Å². The number of methoxy groups -OCH3 is 1. The molecule has 146 valence electrons. The normalized spacial score (nSPS) is 13.0. The van der Waals surface area contributed by atoms with Crippen LogP contribution < -0.4 is 4.74 Å². The summed E-state index contributed by atoms with van der Waals surface area (Å²) in [6.45, 7) is 1.49. The molecule has 0 heterocycles. The Balaban J connectivity index is 1.86. The van der Waals surface area contributed by atoms with Gasteiger partial charge in [-0.2, -0.15) is 0 Å². The molecule has 2 aromatic rings. The van der Waals surface area contributed by atoms with Crippen LogP contribution in [0.3, 0.4) is 0 Å². The molecule has 0 aliphatic heterocycles. The van der Waals surface area contributed by atoms with E-state index in [-0.39, 0.29) is 24.7 Å². The Bertz CT molecular complexity index is 840. The zero-order chi connectivity index (χ0) is 19.8. The maximum atomic E-state index is 12.2. The minimum Gasteiger partial charge on any atom is -0.497 e. The van der Waals surface area contributed by atoms with Gasteiger partial charge in [0, 0.05) is 16.6 Å². The summed E-state index contributed by atoms with van der Waals surface area (Å²) >= 11 is 0. The zero-order valence-corrected chi connectivity index (χ0v) is 15.9. The molecule has 2 rings (SSSR count). The fraction of sp³-hybridized carbons (Fsp3) is 0.389. The average molecular weight is 395 g/mol. The van der Waals surface area contributed by atoms with Crippen LogP contribution in [0, 0.1) is 10.1 Å². The summed E-state index contributed by atoms with van der Waals surface area (Å²) in [5.74, 6) is 0.00250. The Morgan fingerprint density at radius 2 is 1.81 bits per heavy atom. The van der Waals surface area contributed by atoms with Gasteiger partial charge in [-0.15, -0.1) is 10.1 Å². The molecule has 0 aliphatic carbocycles. The second kappa shape index (κ2) is 9.86. The molecule has 2 atom stereocenters. The third-order valence-electron chi connectivity index (χ3n) is 3.99. The molecule has 2 aromatic carbocycles. The zero-order valence-electron chi connectivity index (χ0n) is 15.1. The van der Waals surface area contributed by atoms with E-state index >= 15 is 0 Å². The van der Waals surface area contributed by atoms with E-state index < -0.39 is 27.8 Å². The first-order chi connectivity index (χ1) is 12.9. The lowest BCUT2D eigenvalue weighted by atomic mass is 9.98. The molecule has 0 saturated carbocycles. The smallest absolute Gasteiger partial charge is 0.313 e. The second-order valence-corrected chi connectivity index (χ2v) is 7.46. The largest absolute Gasteiger partial charge is 0.497 e. The molecular weight excluding hydrogens is 374 g/mol. The van der Waals surface area contributed by atoms with Crippen LogP contribution in [-0.2, 0) is 25.2 Å². The van der Waals surface area contributed by atoms with Crippen molar-refractivity contribution in [2.45, 2.75) is 12.8 Å². The van der Waals surface area contributed by atoms with Crippen molar-refractivity contribution < 1.29 is 28.4 Å². The lowest BCUT2D eigenvalue weighted by molar-refractivity contribution is -0.756. The number of carbonyl (C=O) groups is 1. The van der Waals surface area contributed by atoms with Crippen molar-refractivity contribution in [2.75, 3.05) is 31.8 Å². The van der Waals surface area contributed by atoms with Crippen LogP contribution in [0.1, 0.15) is 18.4 Å². The molecule has 0 aliphatic rings. The fourth-order valence-corrected chi connectivity index (χ4v) is 3.18. The van der Waals surface area contributed by atoms with E-state index in [4.69, 9.17) is 9.47 Å². The van der Waals surface area contributed by atoms with Gasteiger partial charge in [0.05, 0.1) is 18.8 Å². The van der Waals surface area contributed by atoms with Crippen LogP contribution in [0.15, 0.2) is 36.4 Å². The first kappa shape index (κ1) is 20.6. The third kappa shape index (κ3) is 6.21. The molecule has 27 heavy (non-hydrogen) atoms. The average Bonchev–Trinajstić information content (AvgIpc) is 2.66. The van der Waals surface area contributed by atoms with Crippen molar-refractivity contribution >= 4 is 27.5 Å². The highest BCUT2D eigenvalue weighted by Crippen LogP contribution is 2.25. The van der Waals surface area contributed by atoms with Gasteiger partial charge >= 0.3 is 5.97 Å². The van der Waals surface area contributed by atoms with Crippen LogP contribution in [-0.4, -0.2) is 47.1 Å². The number of hydrogen-bond acceptors (Lipinski definition) is 7. The molecule has 0 amide bonds. The molecule has 9 heteroatoms. The maximum Gasteiger partial charge on any atom is 0.313 e. The van der Waals surface area contributed by atoms with E-state index in [1.165, 1.54) is 0 Å². The molecule has 1 unspecified atom stereocenters. The molecule has 0 aromatic heterocycles. The first-order valence-corrected chi connectivity index (χ1v) is 9.76. The maximum absolute atomic E-state index is 12.2. The monoisotopic (exact) mass is 395 g/mol. The number of rotatable bonds is 10. The molecule has 8 nitrogen and oxygen atoms in total. The molecular formula is C18H21NO7S. The highest BCUT2D eigenvalue weighted by Gasteiger charge is 2.17. The van der Waals surface area contributed by atoms with Gasteiger partial charge in [0.2, 0.25) is 0 Å². The molecule has 0 N–H and O–H groups in total. The number of nitrogens with zero attached hydrogens (tertiary/aromatic N) is 1. The second-order valence-electron chi connectivity index (χ2n) is 5.77. The molecule has 0 saturated heterocycles. The summed E-state index contributed by atoms with van der Waals surface area (Å²) in [6.07, 6.45) is 0. The van der Waals surface area contributed by atoms with Gasteiger partial charge in [0.1, 0.15) is 19.0 Å². The topological polar surface area (TPSA) is 105 Å². The van der Waals surface area contributed by atoms with Crippen LogP contribution in [0.25, 0.3) is 10.8 Å². The van der Waals surface area contributed by atoms with Gasteiger partial charge in [0.15, 0.2) is 0 Å². The summed E-state index contributed by atoms with van der Waals surface area (Å²) in [6, 6.07) is 11.4. The number of benzene rings is 2. The standard InChI is InChI=1S/C18H21NO7S/c1-13(18(20)25-7-9-27(23)10-8-26-19(21)22)14-3-4-16-12-17(24-2)6-5-15(16)11-14/h3-6,11-13H,7-10H2,1-2H3/t13-,27?/m0/s1. The molecule has 0 radical (unpaired) electrons. The summed E-state index contributed by atoms with van der Waals surface area (Å²) in [7, 11) is 0.256. The van der Waals surface area contributed by atoms with Gasteiger partial charge in [0.25, 0.3) is 5.09 Å². The number of hydrogen-bond donors (Lipinski definition) is 0. The first-order valence-electron chi connectivity index (χ1n) is 8.27. The van der Waals surface area contributed by atoms with Crippen molar-refractivity contribution in [3.8, 4) is 5.75 Å². The summed E-state index contributed by atoms with van der Waals surface area (Å²) in [5, 5.41) is 11.1. The highest BCUT2D eigenvalue weighted by atomic mass is 32.2. The lowest BCUT2D eigenvalue weighted by Crippen LogP contribution is -2.19. The van der Waals surface area contributed by atoms with Gasteiger partial charge in [-0.1, -0.05) is 24.3 Å². The van der Waals surface area contributed by atoms with E-state index in [0.717, 1.165) is 22.1 Å². The van der Waals surface area contributed by atoms with Gasteiger partial charge in [-0.05, 0) is 35.4 Å². The van der Waals surface area contributed by atoms with E-state index in [1.54, 1.807) is 14.0 Å². The number of ether oxygens (including phenoxy) is 2. The van der Waals surface area contributed by atoms with Gasteiger partial charge in [-0.25, -0.2) is 0 Å². The van der Waals surface area contributed by atoms with E-state index in [2.05, 4.69) is 4.84 Å². The lowest BCUT2D eigenvalue weighted by Gasteiger charge is -2.13. The van der Waals surface area contributed by atoms with Crippen molar-refractivity contribution in [1.82, 2.24) is 0 Å². The summed E-state index contributed by atoms with van der Waals surface area (Å²) in [5.41, 5.74) is 0.818. The van der Waals surface area contributed by atoms with E-state index in [9.17, 15) is 19.1 Å². The SMILES string of the molecule is COc1ccc2cc([C@H](C)C(=O)OCCS(=O)CCO[N+](=O)[O-])ccc2c1. The van der Waals surface area contributed by atoms with Crippen LogP contribution in [0.5, 0.6) is 5.75 Å². The Hall–Kier alpha value is -2.68. The predicted molar refractivity (Wildman–Crippen MR) is 101 cm³/mol. The number of carbonyl (C=O) groups excluding carboxylic acids is 1. The molecule has 0 bridgehead atoms. The fourth-order valence-electron chi connectivity index (χ4n) is 2.44. The number of fused-ring (bicyclic) bond motifs is 1. The van der Waals surface area contributed by atoms with Crippen LogP contribution >= 0.6 is 0 Å². The Morgan fingerprint density at radius 1 is 1.15 bits per heavy atom. The Kier molecular flexibility index (Phi) is 7.54. The van der Waals surface area contributed by atoms with Gasteiger partial charge in [-0.3, -0.25) is 9.00 Å². The van der Waals surface area contributed by atoms with E-state index in [1.807, 2.05) is 36.4 Å². The predicted octanol–water partition coefficient (Wildman–Crippen LogP) is 2.45. The van der Waals surface area contributed by atoms with E-state index in [0.29, 0.717) is 0 Å². The minimum absolute atomic E-state index is 0.0149. The van der Waals surface area contributed by atoms with Crippen molar-refractivity contribution in [1.29, 1.82) is 0 Å². The quantitative estimate of drug-likeness (QED) is 0.346. The molecule has 0 spiro atoms. The van der Waals surface area contributed by atoms with Gasteiger partial charge < -0.3 is 14.3 Å². The van der Waals surface area contributed by atoms with Crippen LogP contribution in [0.2, 0.25) is 0 Å².